The molecule has 18 aromatic rings. The van der Waals surface area contributed by atoms with E-state index in [1.54, 1.807) is 0 Å². The van der Waals surface area contributed by atoms with Crippen LogP contribution < -0.4 is 20.7 Å². The Morgan fingerprint density at radius 1 is 0.153 bits per heavy atom. The van der Waals surface area contributed by atoms with E-state index in [-0.39, 0.29) is 0 Å². The Hall–Kier alpha value is -10.7. The van der Waals surface area contributed by atoms with Gasteiger partial charge in [-0.2, -0.15) is 0 Å². The van der Waals surface area contributed by atoms with Crippen LogP contribution in [0.25, 0.3) is 152 Å². The van der Waals surface area contributed by atoms with Crippen molar-refractivity contribution in [2.45, 2.75) is 0 Å². The van der Waals surface area contributed by atoms with E-state index in [1.165, 1.54) is 173 Å². The summed E-state index contributed by atoms with van der Waals surface area (Å²) in [5.41, 5.74) is 9.99. The van der Waals surface area contributed by atoms with Crippen molar-refractivity contribution < 1.29 is 0 Å². The predicted octanol–water partition coefficient (Wildman–Crippen LogP) is 20.1. The van der Waals surface area contributed by atoms with E-state index in [1.807, 2.05) is 0 Å². The minimum absolute atomic E-state index is 1.21. The Kier molecular flexibility index (Phi) is 10.5. The largest absolute Gasteiger partial charge is 0.179 e. The van der Waals surface area contributed by atoms with Crippen LogP contribution in [0.15, 0.2) is 315 Å². The lowest BCUT2D eigenvalue weighted by Crippen LogP contribution is -2.74. The summed E-state index contributed by atoms with van der Waals surface area (Å²) < 4.78 is 0. The first-order valence-electron chi connectivity index (χ1n) is 29.7. The second-order valence-electron chi connectivity index (χ2n) is 23.3. The third-order valence-corrected chi connectivity index (χ3v) is 23.8. The molecule has 0 radical (unpaired) electrons. The van der Waals surface area contributed by atoms with Gasteiger partial charge in [-0.25, -0.2) is 0 Å². The highest BCUT2D eigenvalue weighted by Gasteiger charge is 2.41. The van der Waals surface area contributed by atoms with Crippen molar-refractivity contribution in [3.63, 3.8) is 0 Å². The normalized spacial score (nSPS) is 12.2. The van der Waals surface area contributed by atoms with Gasteiger partial charge in [0.25, 0.3) is 0 Å². The first kappa shape index (κ1) is 47.9. The fraction of sp³-hybridized carbons (Fsp3) is 0. The van der Waals surface area contributed by atoms with Gasteiger partial charge < -0.3 is 0 Å². The average Bonchev–Trinajstić information content (AvgIpc) is 3.61. The summed E-state index contributed by atoms with van der Waals surface area (Å²) in [6, 6.07) is 120. The van der Waals surface area contributed by atoms with E-state index < -0.39 is 8.07 Å². The van der Waals surface area contributed by atoms with Gasteiger partial charge in [-0.15, -0.1) is 0 Å². The Labute approximate surface area is 493 Å². The van der Waals surface area contributed by atoms with Crippen LogP contribution in [0.1, 0.15) is 0 Å². The zero-order chi connectivity index (χ0) is 55.7. The smallest absolute Gasteiger partial charge is 0.0623 e. The highest BCUT2D eigenvalue weighted by molar-refractivity contribution is 7.19. The van der Waals surface area contributed by atoms with Crippen molar-refractivity contribution in [1.29, 1.82) is 0 Å². The van der Waals surface area contributed by atoms with E-state index in [4.69, 9.17) is 0 Å². The van der Waals surface area contributed by atoms with Crippen LogP contribution in [0.4, 0.5) is 0 Å². The number of fused-ring (bicyclic) bond motifs is 4. The standard InChI is InChI=1S/C84H52Si/c1-3-21-65(22-4-1)85(66-23-5-2-6-24-66,67-45-41-57(42-46-67)81-69-25-7-11-29-73(69)83(74-30-12-8-26-70(74)81)63-49-59-37-33-53-17-15-18-54-34-38-60(50-63)79(59)77(53)54)68-47-43-58(44-48-68)82-71-27-9-13-31-75(71)84(76-32-14-10-28-72(76)82)64-51-61-39-35-55-19-16-20-56-36-40-62(52-64)80(61)78(55)56/h1-52H. The van der Waals surface area contributed by atoms with Crippen LogP contribution in [0.3, 0.4) is 0 Å². The summed E-state index contributed by atoms with van der Waals surface area (Å²) in [6.07, 6.45) is 0. The van der Waals surface area contributed by atoms with Gasteiger partial charge in [-0.1, -0.05) is 291 Å². The van der Waals surface area contributed by atoms with Crippen LogP contribution in [-0.2, 0) is 0 Å². The molecule has 0 nitrogen and oxygen atoms in total. The second-order valence-corrected chi connectivity index (χ2v) is 27.1. The first-order chi connectivity index (χ1) is 42.2. The molecule has 0 aliphatic rings. The van der Waals surface area contributed by atoms with E-state index in [0.29, 0.717) is 0 Å². The molecule has 0 saturated heterocycles. The van der Waals surface area contributed by atoms with Gasteiger partial charge >= 0.3 is 0 Å². The van der Waals surface area contributed by atoms with Crippen molar-refractivity contribution in [3.8, 4) is 44.5 Å². The topological polar surface area (TPSA) is 0 Å². The first-order valence-corrected chi connectivity index (χ1v) is 31.7. The molecular formula is C84H52Si. The van der Waals surface area contributed by atoms with Crippen molar-refractivity contribution >= 4 is 137 Å². The van der Waals surface area contributed by atoms with Gasteiger partial charge in [-0.3, -0.25) is 0 Å². The quantitative estimate of drug-likeness (QED) is 0.0616. The van der Waals surface area contributed by atoms with Crippen LogP contribution >= 0.6 is 0 Å². The van der Waals surface area contributed by atoms with Crippen molar-refractivity contribution in [2.24, 2.45) is 0 Å². The maximum atomic E-state index is 2.46. The van der Waals surface area contributed by atoms with Gasteiger partial charge in [-0.05, 0) is 197 Å². The SMILES string of the molecule is c1ccc([Si](c2ccccc2)(c2ccc(-c3c4ccccc4c(-c4cc5ccc6cccc7ccc(c4)c5c67)c4ccccc34)cc2)c2ccc(-c3c4ccccc4c(-c4cc5ccc6cccc7ccc(c4)c5c67)c4ccccc34)cc2)cc1. The summed E-state index contributed by atoms with van der Waals surface area (Å²) >= 11 is 0. The van der Waals surface area contributed by atoms with E-state index in [0.717, 1.165) is 0 Å². The van der Waals surface area contributed by atoms with Crippen molar-refractivity contribution in [2.75, 3.05) is 0 Å². The lowest BCUT2D eigenvalue weighted by Gasteiger charge is -2.34. The minimum Gasteiger partial charge on any atom is -0.0623 e. The van der Waals surface area contributed by atoms with Gasteiger partial charge in [0.15, 0.2) is 8.07 Å². The number of benzene rings is 18. The lowest BCUT2D eigenvalue weighted by atomic mass is 9.84. The van der Waals surface area contributed by atoms with Crippen molar-refractivity contribution in [3.05, 3.63) is 315 Å². The molecule has 392 valence electrons. The van der Waals surface area contributed by atoms with Gasteiger partial charge in [0.05, 0.1) is 0 Å². The Morgan fingerprint density at radius 3 is 0.659 bits per heavy atom. The molecule has 0 saturated carbocycles. The van der Waals surface area contributed by atoms with Crippen molar-refractivity contribution in [1.82, 2.24) is 0 Å². The molecule has 0 atom stereocenters. The Balaban J connectivity index is 0.797. The van der Waals surface area contributed by atoms with E-state index in [9.17, 15) is 0 Å². The number of rotatable bonds is 8. The highest BCUT2D eigenvalue weighted by atomic mass is 28.3. The third kappa shape index (κ3) is 7.09. The molecular weight excluding hydrogens is 1040 g/mol. The fourth-order valence-corrected chi connectivity index (χ4v) is 20.2. The molecule has 0 N–H and O–H groups in total. The molecule has 0 heterocycles. The minimum atomic E-state index is -2.97. The molecule has 0 amide bonds. The summed E-state index contributed by atoms with van der Waals surface area (Å²) in [7, 11) is -2.97. The number of hydrogen-bond donors (Lipinski definition) is 0. The monoisotopic (exact) mass is 1090 g/mol. The molecule has 18 rings (SSSR count). The molecule has 85 heavy (non-hydrogen) atoms. The molecule has 0 spiro atoms. The van der Waals surface area contributed by atoms with E-state index >= 15 is 0 Å². The molecule has 0 fully saturated rings. The second kappa shape index (κ2) is 18.7. The molecule has 0 aliphatic heterocycles. The summed E-state index contributed by atoms with van der Waals surface area (Å²) in [5, 5.41) is 31.1. The van der Waals surface area contributed by atoms with Crippen LogP contribution in [0.2, 0.25) is 0 Å². The zero-order valence-corrected chi connectivity index (χ0v) is 47.5. The summed E-state index contributed by atoms with van der Waals surface area (Å²) in [4.78, 5) is 0. The Bertz CT molecular complexity index is 5090. The maximum absolute atomic E-state index is 2.97. The van der Waals surface area contributed by atoms with Gasteiger partial charge in [0, 0.05) is 0 Å². The average molecular weight is 1090 g/mol. The molecule has 0 bridgehead atoms. The fourth-order valence-electron chi connectivity index (χ4n) is 15.4. The third-order valence-electron chi connectivity index (χ3n) is 19.0. The lowest BCUT2D eigenvalue weighted by molar-refractivity contribution is 1.64. The van der Waals surface area contributed by atoms with Crippen LogP contribution in [0, 0.1) is 0 Å². The number of hydrogen-bond acceptors (Lipinski definition) is 0. The highest BCUT2D eigenvalue weighted by Crippen LogP contribution is 2.48. The van der Waals surface area contributed by atoms with Gasteiger partial charge in [0.2, 0.25) is 0 Å². The zero-order valence-electron chi connectivity index (χ0n) is 46.5. The maximum Gasteiger partial charge on any atom is 0.179 e. The summed E-state index contributed by atoms with van der Waals surface area (Å²) in [6.45, 7) is 0. The van der Waals surface area contributed by atoms with E-state index in [2.05, 4.69) is 315 Å². The molecule has 18 aromatic carbocycles. The molecule has 0 aromatic heterocycles. The van der Waals surface area contributed by atoms with Gasteiger partial charge in [0.1, 0.15) is 0 Å². The molecule has 0 aliphatic carbocycles. The summed E-state index contributed by atoms with van der Waals surface area (Å²) in [5.74, 6) is 0. The Morgan fingerprint density at radius 2 is 0.376 bits per heavy atom. The van der Waals surface area contributed by atoms with Crippen LogP contribution in [-0.4, -0.2) is 8.07 Å². The predicted molar refractivity (Wildman–Crippen MR) is 369 cm³/mol. The van der Waals surface area contributed by atoms with Crippen LogP contribution in [0.5, 0.6) is 0 Å². The molecule has 1 heteroatoms. The molecule has 0 unspecified atom stereocenters.